The smallest absolute Gasteiger partial charge is 0.204 e. The van der Waals surface area contributed by atoms with Gasteiger partial charge in [-0.3, -0.25) is 0 Å². The molecule has 0 aromatic rings. The molecule has 0 radical (unpaired) electrons. The number of hydrogen-bond donors (Lipinski definition) is 0. The van der Waals surface area contributed by atoms with Crippen molar-refractivity contribution in [2.75, 3.05) is 0 Å². The molecule has 0 atom stereocenters. The van der Waals surface area contributed by atoms with Crippen LogP contribution in [0, 0.1) is 0 Å². The van der Waals surface area contributed by atoms with Crippen molar-refractivity contribution in [3.8, 4) is 0 Å². The first kappa shape index (κ1) is 15.2. The van der Waals surface area contributed by atoms with E-state index in [1.54, 1.807) is 0 Å². The molecule has 0 spiro atoms. The zero-order chi connectivity index (χ0) is 11.2. The van der Waals surface area contributed by atoms with Gasteiger partial charge in [-0.15, -0.1) is 0 Å². The van der Waals surface area contributed by atoms with Gasteiger partial charge in [0.25, 0.3) is 6.43 Å². The zero-order valence-electron chi connectivity index (χ0n) is 6.14. The molecular weight excluding hydrogens is 238 g/mol. The minimum Gasteiger partial charge on any atom is -0.204 e. The van der Waals surface area contributed by atoms with Gasteiger partial charge in [0, 0.05) is 0 Å². The molecule has 0 aliphatic heterocycles. The van der Waals surface area contributed by atoms with Crippen LogP contribution in [-0.2, 0) is 0 Å². The SMILES string of the molecule is C=C(Cl)C(F)(F)F.C=C(Cl)C(F)F. The molecule has 0 aromatic heterocycles. The van der Waals surface area contributed by atoms with Crippen molar-refractivity contribution in [1.29, 1.82) is 0 Å². The third kappa shape index (κ3) is 11.7. The van der Waals surface area contributed by atoms with Crippen molar-refractivity contribution in [1.82, 2.24) is 0 Å². The monoisotopic (exact) mass is 242 g/mol. The Bertz CT molecular complexity index is 184. The number of rotatable bonds is 1. The first-order chi connectivity index (χ1) is 5.59. The van der Waals surface area contributed by atoms with Gasteiger partial charge in [-0.1, -0.05) is 36.4 Å². The fourth-order valence-electron chi connectivity index (χ4n) is 0. The molecule has 0 bridgehead atoms. The molecule has 0 unspecified atom stereocenters. The van der Waals surface area contributed by atoms with Crippen molar-refractivity contribution >= 4 is 23.2 Å². The van der Waals surface area contributed by atoms with Crippen LogP contribution in [0.1, 0.15) is 0 Å². The Hall–Kier alpha value is -0.290. The van der Waals surface area contributed by atoms with Crippen LogP contribution in [0.4, 0.5) is 22.0 Å². The van der Waals surface area contributed by atoms with E-state index >= 15 is 0 Å². The maximum absolute atomic E-state index is 10.9. The van der Waals surface area contributed by atoms with Crippen LogP contribution < -0.4 is 0 Å². The Morgan fingerprint density at radius 2 is 1.23 bits per heavy atom. The van der Waals surface area contributed by atoms with Crippen LogP contribution in [0.3, 0.4) is 0 Å². The molecule has 0 saturated carbocycles. The fraction of sp³-hybridized carbons (Fsp3) is 0.333. The summed E-state index contributed by atoms with van der Waals surface area (Å²) >= 11 is 9.10. The highest BCUT2D eigenvalue weighted by Gasteiger charge is 2.30. The highest BCUT2D eigenvalue weighted by atomic mass is 35.5. The summed E-state index contributed by atoms with van der Waals surface area (Å²) in [5.74, 6) is 0. The van der Waals surface area contributed by atoms with Gasteiger partial charge in [0.2, 0.25) is 0 Å². The maximum Gasteiger partial charge on any atom is 0.426 e. The van der Waals surface area contributed by atoms with Gasteiger partial charge in [-0.2, -0.15) is 13.2 Å². The van der Waals surface area contributed by atoms with Crippen LogP contribution >= 0.6 is 23.2 Å². The van der Waals surface area contributed by atoms with E-state index in [-0.39, 0.29) is 0 Å². The summed E-state index contributed by atoms with van der Waals surface area (Å²) in [6.07, 6.45) is -7.01. The predicted molar refractivity (Wildman–Crippen MR) is 42.0 cm³/mol. The van der Waals surface area contributed by atoms with Crippen LogP contribution in [0.5, 0.6) is 0 Å². The van der Waals surface area contributed by atoms with E-state index in [0.717, 1.165) is 0 Å². The largest absolute Gasteiger partial charge is 0.426 e. The summed E-state index contributed by atoms with van der Waals surface area (Å²) in [5.41, 5.74) is 0. The highest BCUT2D eigenvalue weighted by molar-refractivity contribution is 6.30. The minimum absolute atomic E-state index is 0.602. The average Bonchev–Trinajstić information content (AvgIpc) is 1.86. The Balaban J connectivity index is 0. The maximum atomic E-state index is 10.9. The molecule has 0 fully saturated rings. The zero-order valence-corrected chi connectivity index (χ0v) is 7.65. The van der Waals surface area contributed by atoms with Gasteiger partial charge in [0.05, 0.1) is 5.03 Å². The summed E-state index contributed by atoms with van der Waals surface area (Å²) in [7, 11) is 0. The summed E-state index contributed by atoms with van der Waals surface area (Å²) in [6, 6.07) is 0. The molecule has 0 heterocycles. The Morgan fingerprint density at radius 1 is 1.08 bits per heavy atom. The Morgan fingerprint density at radius 3 is 1.23 bits per heavy atom. The van der Waals surface area contributed by atoms with Gasteiger partial charge in [-0.25, -0.2) is 8.78 Å². The molecule has 7 heteroatoms. The van der Waals surface area contributed by atoms with E-state index < -0.39 is 22.7 Å². The summed E-state index contributed by atoms with van der Waals surface area (Å²) in [6.45, 7) is 5.24. The van der Waals surface area contributed by atoms with E-state index in [1.807, 2.05) is 0 Å². The third-order valence-electron chi connectivity index (χ3n) is 0.544. The van der Waals surface area contributed by atoms with Crippen LogP contribution in [-0.4, -0.2) is 12.6 Å². The second kappa shape index (κ2) is 6.21. The van der Waals surface area contributed by atoms with E-state index in [1.165, 1.54) is 0 Å². The molecule has 0 amide bonds. The predicted octanol–water partition coefficient (Wildman–Crippen LogP) is 4.31. The lowest BCUT2D eigenvalue weighted by molar-refractivity contribution is -0.0841. The van der Waals surface area contributed by atoms with Crippen molar-refractivity contribution in [3.05, 3.63) is 23.2 Å². The van der Waals surface area contributed by atoms with E-state index in [2.05, 4.69) is 36.4 Å². The van der Waals surface area contributed by atoms with Crippen molar-refractivity contribution in [2.24, 2.45) is 0 Å². The molecule has 0 aromatic carbocycles. The van der Waals surface area contributed by atoms with Gasteiger partial charge in [0.1, 0.15) is 5.03 Å². The van der Waals surface area contributed by atoms with Crippen molar-refractivity contribution in [3.63, 3.8) is 0 Å². The van der Waals surface area contributed by atoms with E-state index in [9.17, 15) is 22.0 Å². The number of allylic oxidation sites excluding steroid dienone is 2. The molecule has 78 valence electrons. The van der Waals surface area contributed by atoms with Crippen molar-refractivity contribution in [2.45, 2.75) is 12.6 Å². The van der Waals surface area contributed by atoms with Crippen LogP contribution in [0.15, 0.2) is 23.2 Å². The molecule has 0 aliphatic rings. The lowest BCUT2D eigenvalue weighted by atomic mass is 10.6. The minimum atomic E-state index is -4.43. The third-order valence-corrected chi connectivity index (χ3v) is 0.924. The number of hydrogen-bond acceptors (Lipinski definition) is 0. The molecule has 0 aliphatic carbocycles. The summed E-state index contributed by atoms with van der Waals surface area (Å²) in [4.78, 5) is 0. The van der Waals surface area contributed by atoms with Crippen LogP contribution in [0.2, 0.25) is 0 Å². The van der Waals surface area contributed by atoms with E-state index in [0.29, 0.717) is 0 Å². The van der Waals surface area contributed by atoms with Gasteiger partial charge in [-0.05, 0) is 0 Å². The Kier molecular flexibility index (Phi) is 7.26. The lowest BCUT2D eigenvalue weighted by Gasteiger charge is -1.98. The first-order valence-electron chi connectivity index (χ1n) is 2.63. The van der Waals surface area contributed by atoms with E-state index in [4.69, 9.17) is 0 Å². The molecule has 0 N–H and O–H groups in total. The fourth-order valence-corrected chi connectivity index (χ4v) is 0. The van der Waals surface area contributed by atoms with Crippen molar-refractivity contribution < 1.29 is 22.0 Å². The molecular formula is C6H5Cl2F5. The summed E-state index contributed by atoms with van der Waals surface area (Å²) in [5, 5.41) is -1.89. The molecule has 0 saturated heterocycles. The van der Waals surface area contributed by atoms with Gasteiger partial charge < -0.3 is 0 Å². The van der Waals surface area contributed by atoms with Gasteiger partial charge >= 0.3 is 6.18 Å². The second-order valence-corrected chi connectivity index (χ2v) is 2.59. The summed E-state index contributed by atoms with van der Waals surface area (Å²) < 4.78 is 54.7. The number of alkyl halides is 5. The molecule has 13 heavy (non-hydrogen) atoms. The normalized spacial score (nSPS) is 10.5. The number of halogens is 7. The van der Waals surface area contributed by atoms with Gasteiger partial charge in [0.15, 0.2) is 0 Å². The highest BCUT2D eigenvalue weighted by Crippen LogP contribution is 2.26. The quantitative estimate of drug-likeness (QED) is 0.602. The topological polar surface area (TPSA) is 0 Å². The lowest BCUT2D eigenvalue weighted by Crippen LogP contribution is -2.04. The molecule has 0 nitrogen and oxygen atoms in total. The van der Waals surface area contributed by atoms with Crippen LogP contribution in [0.25, 0.3) is 0 Å². The standard InChI is InChI=1S/C3H2ClF3.C3H3ClF2/c1-2(4)3(5,6)7;1-2(4)3(5)6/h1H2;3H,1H2. The molecule has 0 rings (SSSR count). The second-order valence-electron chi connectivity index (χ2n) is 1.65. The average molecular weight is 243 g/mol. The Labute approximate surface area is 81.6 Å². The first-order valence-corrected chi connectivity index (χ1v) is 3.38.